The molecule has 200 valence electrons. The Kier molecular flexibility index (Phi) is 9.18. The van der Waals surface area contributed by atoms with Crippen molar-refractivity contribution in [1.82, 2.24) is 15.2 Å². The second-order valence-corrected chi connectivity index (χ2v) is 9.76. The minimum atomic E-state index is -0.523. The van der Waals surface area contributed by atoms with E-state index in [1.54, 1.807) is 53.3 Å². The number of methoxy groups -OCH3 is 1. The number of nitro groups is 1. The summed E-state index contributed by atoms with van der Waals surface area (Å²) >= 11 is 15.4. The number of nitrogens with zero attached hydrogens (tertiary/aromatic N) is 4. The normalized spacial score (nSPS) is 11.0. The van der Waals surface area contributed by atoms with Crippen LogP contribution in [0.4, 0.5) is 5.69 Å². The molecule has 4 rings (SSSR count). The molecule has 0 aliphatic rings. The lowest BCUT2D eigenvalue weighted by molar-refractivity contribution is -0.384. The highest BCUT2D eigenvalue weighted by atomic mass is 79.9. The Hall–Kier alpha value is -3.93. The van der Waals surface area contributed by atoms with Gasteiger partial charge < -0.3 is 9.47 Å². The molecule has 0 spiro atoms. The maximum atomic E-state index is 12.6. The molecule has 0 atom stereocenters. The summed E-state index contributed by atoms with van der Waals surface area (Å²) in [5.41, 5.74) is 4.86. The molecule has 0 unspecified atom stereocenters. The largest absolute Gasteiger partial charge is 0.493 e. The van der Waals surface area contributed by atoms with E-state index < -0.39 is 10.8 Å². The van der Waals surface area contributed by atoms with Crippen LogP contribution in [0.25, 0.3) is 0 Å². The number of amides is 1. The van der Waals surface area contributed by atoms with E-state index in [-0.39, 0.29) is 18.0 Å². The molecule has 1 heterocycles. The number of non-ortho nitro benzene ring substituents is 1. The van der Waals surface area contributed by atoms with Crippen LogP contribution in [-0.4, -0.2) is 33.9 Å². The van der Waals surface area contributed by atoms with Gasteiger partial charge >= 0.3 is 0 Å². The average Bonchev–Trinajstić information content (AvgIpc) is 3.29. The van der Waals surface area contributed by atoms with Gasteiger partial charge in [0.1, 0.15) is 6.61 Å². The fourth-order valence-corrected chi connectivity index (χ4v) is 4.25. The van der Waals surface area contributed by atoms with Crippen molar-refractivity contribution >= 4 is 56.9 Å². The third-order valence-corrected chi connectivity index (χ3v) is 6.69. The Morgan fingerprint density at radius 1 is 1.10 bits per heavy atom. The monoisotopic (exact) mass is 631 g/mol. The molecule has 4 aromatic rings. The minimum absolute atomic E-state index is 0.000312. The number of carbonyl (C=O) groups is 1. The van der Waals surface area contributed by atoms with Crippen molar-refractivity contribution in [3.63, 3.8) is 0 Å². The van der Waals surface area contributed by atoms with Gasteiger partial charge in [0.05, 0.1) is 39.3 Å². The van der Waals surface area contributed by atoms with Crippen molar-refractivity contribution in [2.24, 2.45) is 5.10 Å². The molecule has 1 aromatic heterocycles. The van der Waals surface area contributed by atoms with Crippen molar-refractivity contribution < 1.29 is 19.2 Å². The van der Waals surface area contributed by atoms with E-state index in [1.807, 2.05) is 6.07 Å². The van der Waals surface area contributed by atoms with E-state index in [2.05, 4.69) is 31.6 Å². The first-order chi connectivity index (χ1) is 18.7. The lowest BCUT2D eigenvalue weighted by Gasteiger charge is -2.12. The predicted molar refractivity (Wildman–Crippen MR) is 151 cm³/mol. The third-order valence-electron chi connectivity index (χ3n) is 5.37. The van der Waals surface area contributed by atoms with Gasteiger partial charge in [0.25, 0.3) is 11.6 Å². The van der Waals surface area contributed by atoms with Gasteiger partial charge in [-0.1, -0.05) is 41.4 Å². The van der Waals surface area contributed by atoms with Crippen molar-refractivity contribution in [3.05, 3.63) is 114 Å². The lowest BCUT2D eigenvalue weighted by atomic mass is 10.2. The number of nitro benzene ring substituents is 1. The molecule has 0 saturated heterocycles. The van der Waals surface area contributed by atoms with Crippen LogP contribution in [0.3, 0.4) is 0 Å². The maximum absolute atomic E-state index is 12.6. The maximum Gasteiger partial charge on any atom is 0.293 e. The standard InChI is InChI=1S/C26H20BrCl2N5O5/c1-38-23-9-5-17(11-24(23)39-15-18-4-8-21(28)22(29)10-18)12-30-31-26(35)25-20(27)14-33(32-25)13-16-2-6-19(7-3-16)34(36)37/h2-12,14H,13,15H2,1H3,(H,31,35)/b30-12+. The molecular weight excluding hydrogens is 613 g/mol. The summed E-state index contributed by atoms with van der Waals surface area (Å²) in [6.07, 6.45) is 3.10. The highest BCUT2D eigenvalue weighted by Crippen LogP contribution is 2.29. The highest BCUT2D eigenvalue weighted by molar-refractivity contribution is 9.10. The number of hydrogen-bond donors (Lipinski definition) is 1. The first-order valence-electron chi connectivity index (χ1n) is 11.3. The van der Waals surface area contributed by atoms with Crippen molar-refractivity contribution in [2.75, 3.05) is 7.11 Å². The van der Waals surface area contributed by atoms with Crippen LogP contribution in [0, 0.1) is 10.1 Å². The SMILES string of the molecule is COc1ccc(/C=N/NC(=O)c2nn(Cc3ccc([N+](=O)[O-])cc3)cc2Br)cc1OCc1ccc(Cl)c(Cl)c1. The topological polar surface area (TPSA) is 121 Å². The van der Waals surface area contributed by atoms with Crippen molar-refractivity contribution in [2.45, 2.75) is 13.2 Å². The van der Waals surface area contributed by atoms with Gasteiger partial charge in [-0.2, -0.15) is 10.2 Å². The zero-order valence-electron chi connectivity index (χ0n) is 20.3. The fourth-order valence-electron chi connectivity index (χ4n) is 3.44. The molecule has 0 saturated carbocycles. The Balaban J connectivity index is 1.39. The number of rotatable bonds is 10. The van der Waals surface area contributed by atoms with Crippen LogP contribution >= 0.6 is 39.1 Å². The van der Waals surface area contributed by atoms with Crippen LogP contribution in [0.15, 0.2) is 76.4 Å². The Morgan fingerprint density at radius 2 is 1.85 bits per heavy atom. The summed E-state index contributed by atoms with van der Waals surface area (Å²) in [6, 6.07) is 16.5. The van der Waals surface area contributed by atoms with Gasteiger partial charge in [-0.25, -0.2) is 5.43 Å². The second-order valence-electron chi connectivity index (χ2n) is 8.09. The van der Waals surface area contributed by atoms with Gasteiger partial charge in [0, 0.05) is 18.3 Å². The quantitative estimate of drug-likeness (QED) is 0.125. The summed E-state index contributed by atoms with van der Waals surface area (Å²) in [6.45, 7) is 0.561. The number of carbonyl (C=O) groups excluding carboxylic acids is 1. The molecule has 13 heteroatoms. The summed E-state index contributed by atoms with van der Waals surface area (Å²) in [5, 5.41) is 20.0. The second kappa shape index (κ2) is 12.7. The Labute approximate surface area is 241 Å². The molecule has 0 aliphatic carbocycles. The summed E-state index contributed by atoms with van der Waals surface area (Å²) in [7, 11) is 1.54. The summed E-state index contributed by atoms with van der Waals surface area (Å²) < 4.78 is 13.3. The Bertz CT molecular complexity index is 1540. The van der Waals surface area contributed by atoms with Gasteiger partial charge in [-0.15, -0.1) is 0 Å². The smallest absolute Gasteiger partial charge is 0.293 e. The third kappa shape index (κ3) is 7.34. The van der Waals surface area contributed by atoms with Crippen LogP contribution in [0.5, 0.6) is 11.5 Å². The molecule has 0 fully saturated rings. The zero-order valence-corrected chi connectivity index (χ0v) is 23.4. The number of hydrogen-bond acceptors (Lipinski definition) is 7. The molecule has 0 radical (unpaired) electrons. The van der Waals surface area contributed by atoms with Crippen LogP contribution in [-0.2, 0) is 13.2 Å². The number of hydrazone groups is 1. The molecule has 1 N–H and O–H groups in total. The van der Waals surface area contributed by atoms with E-state index in [0.29, 0.717) is 38.1 Å². The number of ether oxygens (including phenoxy) is 2. The fraction of sp³-hybridized carbons (Fsp3) is 0.115. The molecule has 1 amide bonds. The van der Waals surface area contributed by atoms with E-state index in [1.165, 1.54) is 25.5 Å². The minimum Gasteiger partial charge on any atom is -0.493 e. The van der Waals surface area contributed by atoms with E-state index in [4.69, 9.17) is 32.7 Å². The van der Waals surface area contributed by atoms with Crippen LogP contribution < -0.4 is 14.9 Å². The van der Waals surface area contributed by atoms with E-state index >= 15 is 0 Å². The summed E-state index contributed by atoms with van der Waals surface area (Å²) in [4.78, 5) is 23.0. The molecule has 0 aliphatic heterocycles. The van der Waals surface area contributed by atoms with Crippen LogP contribution in [0.1, 0.15) is 27.2 Å². The molecule has 39 heavy (non-hydrogen) atoms. The number of aromatic nitrogens is 2. The van der Waals surface area contributed by atoms with Crippen molar-refractivity contribution in [3.8, 4) is 11.5 Å². The van der Waals surface area contributed by atoms with E-state index in [0.717, 1.165) is 11.1 Å². The summed E-state index contributed by atoms with van der Waals surface area (Å²) in [5.74, 6) is 0.482. The average molecular weight is 633 g/mol. The first kappa shape index (κ1) is 28.1. The van der Waals surface area contributed by atoms with Crippen LogP contribution in [0.2, 0.25) is 10.0 Å². The molecule has 0 bridgehead atoms. The van der Waals surface area contributed by atoms with Gasteiger partial charge in [-0.05, 0) is 63.0 Å². The van der Waals surface area contributed by atoms with Gasteiger partial charge in [0.15, 0.2) is 17.2 Å². The van der Waals surface area contributed by atoms with E-state index in [9.17, 15) is 14.9 Å². The number of halogens is 3. The predicted octanol–water partition coefficient (Wildman–Crippen LogP) is 6.26. The highest BCUT2D eigenvalue weighted by Gasteiger charge is 2.15. The molecule has 3 aromatic carbocycles. The zero-order chi connectivity index (χ0) is 27.9. The van der Waals surface area contributed by atoms with Gasteiger partial charge in [-0.3, -0.25) is 19.6 Å². The lowest BCUT2D eigenvalue weighted by Crippen LogP contribution is -2.19. The molecular formula is C26H20BrCl2N5O5. The van der Waals surface area contributed by atoms with Gasteiger partial charge in [0.2, 0.25) is 0 Å². The van der Waals surface area contributed by atoms with Crippen molar-refractivity contribution in [1.29, 1.82) is 0 Å². The number of nitrogens with one attached hydrogen (secondary N) is 1. The first-order valence-corrected chi connectivity index (χ1v) is 12.8. The Morgan fingerprint density at radius 3 is 2.54 bits per heavy atom. The number of benzene rings is 3. The molecule has 10 nitrogen and oxygen atoms in total.